The van der Waals surface area contributed by atoms with E-state index in [1.165, 1.54) is 26.1 Å². The van der Waals surface area contributed by atoms with Gasteiger partial charge in [-0.25, -0.2) is 0 Å². The third-order valence-corrected chi connectivity index (χ3v) is 3.02. The smallest absolute Gasteiger partial charge is 0.262 e. The summed E-state index contributed by atoms with van der Waals surface area (Å²) in [5.74, 6) is -2.06. The maximum absolute atomic E-state index is 12.0. The average Bonchev–Trinajstić information content (AvgIpc) is 2.63. The zero-order chi connectivity index (χ0) is 14.2. The molecular formula is C13H12N2O4. The molecule has 6 nitrogen and oxygen atoms in total. The van der Waals surface area contributed by atoms with Crippen LogP contribution in [0.25, 0.3) is 0 Å². The molecule has 0 radical (unpaired) electrons. The second-order valence-corrected chi connectivity index (χ2v) is 4.21. The number of imide groups is 2. The Morgan fingerprint density at radius 1 is 1.11 bits per heavy atom. The lowest BCUT2D eigenvalue weighted by Gasteiger charge is -2.17. The predicted octanol–water partition coefficient (Wildman–Crippen LogP) is 0.287. The molecule has 0 spiro atoms. The minimum atomic E-state index is -0.595. The minimum Gasteiger partial charge on any atom is -0.284 e. The molecular weight excluding hydrogens is 248 g/mol. The van der Waals surface area contributed by atoms with E-state index in [1.807, 2.05) is 0 Å². The van der Waals surface area contributed by atoms with Gasteiger partial charge in [0, 0.05) is 14.0 Å². The van der Waals surface area contributed by atoms with Crippen LogP contribution in [0.5, 0.6) is 0 Å². The largest absolute Gasteiger partial charge is 0.284 e. The van der Waals surface area contributed by atoms with Crippen LogP contribution in [0.1, 0.15) is 27.6 Å². The summed E-state index contributed by atoms with van der Waals surface area (Å²) < 4.78 is 0. The number of rotatable bonds is 2. The molecule has 1 aromatic rings. The summed E-state index contributed by atoms with van der Waals surface area (Å²) in [6, 6.07) is 6.37. The van der Waals surface area contributed by atoms with Gasteiger partial charge < -0.3 is 0 Å². The third kappa shape index (κ3) is 2.12. The second kappa shape index (κ2) is 4.64. The number of amides is 4. The molecule has 1 aromatic carbocycles. The molecule has 0 unspecified atom stereocenters. The molecule has 0 fully saturated rings. The molecule has 0 saturated heterocycles. The van der Waals surface area contributed by atoms with Crippen molar-refractivity contribution in [2.75, 3.05) is 13.6 Å². The molecule has 0 N–H and O–H groups in total. The van der Waals surface area contributed by atoms with Gasteiger partial charge in [0.2, 0.25) is 11.8 Å². The lowest BCUT2D eigenvalue weighted by Crippen LogP contribution is -2.42. The lowest BCUT2D eigenvalue weighted by molar-refractivity contribution is -0.141. The first-order valence-electron chi connectivity index (χ1n) is 5.66. The fourth-order valence-electron chi connectivity index (χ4n) is 1.80. The molecule has 2 rings (SSSR count). The van der Waals surface area contributed by atoms with Crippen molar-refractivity contribution in [3.63, 3.8) is 0 Å². The molecule has 19 heavy (non-hydrogen) atoms. The number of hydrogen-bond donors (Lipinski definition) is 0. The van der Waals surface area contributed by atoms with Crippen molar-refractivity contribution in [3.8, 4) is 0 Å². The Kier molecular flexibility index (Phi) is 3.16. The number of likely N-dealkylation sites (N-methyl/N-ethyl adjacent to an activating group) is 1. The minimum absolute atomic E-state index is 0.283. The van der Waals surface area contributed by atoms with Crippen molar-refractivity contribution in [3.05, 3.63) is 35.4 Å². The number of carbonyl (C=O) groups is 4. The van der Waals surface area contributed by atoms with Crippen molar-refractivity contribution >= 4 is 23.6 Å². The monoisotopic (exact) mass is 260 g/mol. The SMILES string of the molecule is CC(=O)N(C)C(=O)CN1C(=O)c2ccccc2C1=O. The molecule has 0 aliphatic carbocycles. The molecule has 6 heteroatoms. The number of carbonyl (C=O) groups excluding carboxylic acids is 4. The number of benzene rings is 1. The fourth-order valence-corrected chi connectivity index (χ4v) is 1.80. The van der Waals surface area contributed by atoms with E-state index in [0.717, 1.165) is 9.80 Å². The predicted molar refractivity (Wildman–Crippen MR) is 65.3 cm³/mol. The molecule has 0 bridgehead atoms. The van der Waals surface area contributed by atoms with E-state index in [2.05, 4.69) is 0 Å². The number of nitrogens with zero attached hydrogens (tertiary/aromatic N) is 2. The van der Waals surface area contributed by atoms with E-state index in [9.17, 15) is 19.2 Å². The maximum Gasteiger partial charge on any atom is 0.262 e. The molecule has 0 aromatic heterocycles. The van der Waals surface area contributed by atoms with Gasteiger partial charge in [-0.15, -0.1) is 0 Å². The molecule has 0 atom stereocenters. The fraction of sp³-hybridized carbons (Fsp3) is 0.231. The van der Waals surface area contributed by atoms with Crippen LogP contribution in [0.4, 0.5) is 0 Å². The lowest BCUT2D eigenvalue weighted by atomic mass is 10.1. The Balaban J connectivity index is 2.21. The Bertz CT molecular complexity index is 559. The topological polar surface area (TPSA) is 74.8 Å². The van der Waals surface area contributed by atoms with Crippen LogP contribution in [0.15, 0.2) is 24.3 Å². The van der Waals surface area contributed by atoms with Crippen molar-refractivity contribution < 1.29 is 19.2 Å². The van der Waals surface area contributed by atoms with E-state index >= 15 is 0 Å². The van der Waals surface area contributed by atoms with Crippen molar-refractivity contribution in [2.24, 2.45) is 0 Å². The zero-order valence-corrected chi connectivity index (χ0v) is 10.5. The summed E-state index contributed by atoms with van der Waals surface area (Å²) in [4.78, 5) is 48.5. The van der Waals surface area contributed by atoms with Gasteiger partial charge in [-0.2, -0.15) is 0 Å². The van der Waals surface area contributed by atoms with Gasteiger partial charge in [0.25, 0.3) is 11.8 Å². The highest BCUT2D eigenvalue weighted by atomic mass is 16.2. The number of fused-ring (bicyclic) bond motifs is 1. The first-order chi connectivity index (χ1) is 8.93. The summed E-state index contributed by atoms with van der Waals surface area (Å²) in [6.45, 7) is 0.808. The van der Waals surface area contributed by atoms with Crippen LogP contribution in [-0.4, -0.2) is 47.0 Å². The van der Waals surface area contributed by atoms with E-state index in [-0.39, 0.29) is 11.1 Å². The van der Waals surface area contributed by atoms with Crippen molar-refractivity contribution in [2.45, 2.75) is 6.92 Å². The van der Waals surface area contributed by atoms with Gasteiger partial charge in [0.1, 0.15) is 6.54 Å². The van der Waals surface area contributed by atoms with E-state index in [0.29, 0.717) is 0 Å². The van der Waals surface area contributed by atoms with Gasteiger partial charge in [0.05, 0.1) is 11.1 Å². The van der Waals surface area contributed by atoms with Gasteiger partial charge in [-0.05, 0) is 12.1 Å². The van der Waals surface area contributed by atoms with Crippen LogP contribution in [0, 0.1) is 0 Å². The summed E-state index contributed by atoms with van der Waals surface area (Å²) >= 11 is 0. The van der Waals surface area contributed by atoms with Crippen LogP contribution >= 0.6 is 0 Å². The quantitative estimate of drug-likeness (QED) is 0.716. The molecule has 1 aliphatic rings. The summed E-state index contributed by atoms with van der Waals surface area (Å²) in [5, 5.41) is 0. The van der Waals surface area contributed by atoms with Crippen LogP contribution in [0.3, 0.4) is 0 Å². The summed E-state index contributed by atoms with van der Waals surface area (Å²) in [5.41, 5.74) is 0.566. The van der Waals surface area contributed by atoms with E-state index < -0.39 is 30.2 Å². The molecule has 0 saturated carbocycles. The van der Waals surface area contributed by atoms with Crippen LogP contribution in [-0.2, 0) is 9.59 Å². The third-order valence-electron chi connectivity index (χ3n) is 3.02. The second-order valence-electron chi connectivity index (χ2n) is 4.21. The Morgan fingerprint density at radius 2 is 1.58 bits per heavy atom. The summed E-state index contributed by atoms with van der Waals surface area (Å²) in [6.07, 6.45) is 0. The molecule has 4 amide bonds. The van der Waals surface area contributed by atoms with Gasteiger partial charge in [-0.1, -0.05) is 12.1 Å². The van der Waals surface area contributed by atoms with Gasteiger partial charge in [0.15, 0.2) is 0 Å². The highest BCUT2D eigenvalue weighted by molar-refractivity contribution is 6.22. The van der Waals surface area contributed by atoms with Gasteiger partial charge in [-0.3, -0.25) is 29.0 Å². The standard InChI is InChI=1S/C13H12N2O4/c1-8(16)14(2)11(17)7-15-12(18)9-5-3-4-6-10(9)13(15)19/h3-6H,7H2,1-2H3. The van der Waals surface area contributed by atoms with E-state index in [4.69, 9.17) is 0 Å². The highest BCUT2D eigenvalue weighted by Gasteiger charge is 2.36. The Labute approximate surface area is 109 Å². The van der Waals surface area contributed by atoms with Gasteiger partial charge >= 0.3 is 0 Å². The average molecular weight is 260 g/mol. The first-order valence-corrected chi connectivity index (χ1v) is 5.66. The van der Waals surface area contributed by atoms with Crippen LogP contribution < -0.4 is 0 Å². The number of hydrogen-bond acceptors (Lipinski definition) is 4. The Hall–Kier alpha value is -2.50. The zero-order valence-electron chi connectivity index (χ0n) is 10.5. The first kappa shape index (κ1) is 12.9. The van der Waals surface area contributed by atoms with Crippen molar-refractivity contribution in [1.29, 1.82) is 0 Å². The Morgan fingerprint density at radius 3 is 2.00 bits per heavy atom. The highest BCUT2D eigenvalue weighted by Crippen LogP contribution is 2.22. The normalized spacial score (nSPS) is 13.5. The van der Waals surface area contributed by atoms with Crippen molar-refractivity contribution in [1.82, 2.24) is 9.80 Å². The molecule has 98 valence electrons. The molecule has 1 heterocycles. The summed E-state index contributed by atoms with van der Waals surface area (Å²) in [7, 11) is 1.31. The maximum atomic E-state index is 12.0. The van der Waals surface area contributed by atoms with E-state index in [1.54, 1.807) is 12.1 Å². The molecule has 1 aliphatic heterocycles. The van der Waals surface area contributed by atoms with Crippen LogP contribution in [0.2, 0.25) is 0 Å².